The minimum absolute atomic E-state index is 0.134. The first-order valence-corrected chi connectivity index (χ1v) is 15.5. The lowest BCUT2D eigenvalue weighted by Crippen LogP contribution is -2.47. The number of hydrogen-bond acceptors (Lipinski definition) is 8. The lowest BCUT2D eigenvalue weighted by atomic mass is 9.96. The first-order chi connectivity index (χ1) is 20.9. The molecule has 12 heteroatoms. The number of anilines is 1. The number of likely N-dealkylation sites (tertiary alicyclic amines) is 1. The molecule has 0 aliphatic carbocycles. The van der Waals surface area contributed by atoms with Crippen molar-refractivity contribution in [2.75, 3.05) is 70.9 Å². The summed E-state index contributed by atoms with van der Waals surface area (Å²) >= 11 is 12.7. The molecule has 2 aliphatic rings. The van der Waals surface area contributed by atoms with Gasteiger partial charge in [0.2, 0.25) is 5.95 Å². The Balaban J connectivity index is 1.28. The zero-order valence-electron chi connectivity index (χ0n) is 24.4. The highest BCUT2D eigenvalue weighted by Crippen LogP contribution is 2.33. The molecule has 2 aliphatic heterocycles. The number of piperazine rings is 1. The van der Waals surface area contributed by atoms with Gasteiger partial charge >= 0.3 is 6.03 Å². The summed E-state index contributed by atoms with van der Waals surface area (Å²) in [6.45, 7) is 7.60. The maximum atomic E-state index is 11.6. The number of β-amino-alcohol motifs (C(OH)–C–C–N with tert-alkyl or cyclic N) is 1. The van der Waals surface area contributed by atoms with Crippen molar-refractivity contribution in [3.05, 3.63) is 64.4 Å². The molecule has 3 N–H and O–H groups in total. The molecule has 2 aromatic carbocycles. The average molecular weight is 629 g/mol. The van der Waals surface area contributed by atoms with Crippen LogP contribution < -0.4 is 20.3 Å². The largest absolute Gasteiger partial charge is 0.454 e. The van der Waals surface area contributed by atoms with Crippen LogP contribution in [-0.4, -0.2) is 96.9 Å². The van der Waals surface area contributed by atoms with E-state index in [0.717, 1.165) is 75.3 Å². The van der Waals surface area contributed by atoms with E-state index in [2.05, 4.69) is 47.4 Å². The molecule has 230 valence electrons. The normalized spacial score (nSPS) is 16.7. The number of aromatic nitrogens is 2. The second-order valence-electron chi connectivity index (χ2n) is 11.1. The lowest BCUT2D eigenvalue weighted by Gasteiger charge is -2.34. The molecule has 5 rings (SSSR count). The van der Waals surface area contributed by atoms with Gasteiger partial charge in [0.1, 0.15) is 5.75 Å². The fourth-order valence-electron chi connectivity index (χ4n) is 5.60. The smallest absolute Gasteiger partial charge is 0.314 e. The zero-order chi connectivity index (χ0) is 30.2. The van der Waals surface area contributed by atoms with Crippen LogP contribution in [-0.2, 0) is 6.54 Å². The summed E-state index contributed by atoms with van der Waals surface area (Å²) in [6, 6.07) is 11.6. The molecule has 0 bridgehead atoms. The first-order valence-electron chi connectivity index (χ1n) is 14.7. The molecule has 3 aromatic rings. The molecule has 2 amide bonds. The van der Waals surface area contributed by atoms with E-state index in [9.17, 15) is 9.90 Å². The second kappa shape index (κ2) is 15.0. The number of carbonyl (C=O) groups excluding carboxylic acids is 1. The Hall–Kier alpha value is -3.15. The third-order valence-electron chi connectivity index (χ3n) is 7.98. The number of benzene rings is 2. The molecule has 0 unspecified atom stereocenters. The van der Waals surface area contributed by atoms with E-state index in [1.165, 1.54) is 0 Å². The van der Waals surface area contributed by atoms with E-state index in [4.69, 9.17) is 27.9 Å². The number of amides is 2. The van der Waals surface area contributed by atoms with Crippen LogP contribution in [0.2, 0.25) is 10.0 Å². The SMILES string of the molecule is CNC(=O)NCC1CCN(Cc2cc(Oc3cnc(N4CCN(CCO)CC4)nc3)cc(-c3cc(Cl)cc(Cl)c3)c2)CC1. The van der Waals surface area contributed by atoms with E-state index in [0.29, 0.717) is 46.5 Å². The Kier molecular flexibility index (Phi) is 10.9. The average Bonchev–Trinajstić information content (AvgIpc) is 3.01. The predicted molar refractivity (Wildman–Crippen MR) is 170 cm³/mol. The summed E-state index contributed by atoms with van der Waals surface area (Å²) in [6.07, 6.45) is 5.47. The van der Waals surface area contributed by atoms with Crippen LogP contribution in [0.15, 0.2) is 48.8 Å². The van der Waals surface area contributed by atoms with Crippen LogP contribution in [0.4, 0.5) is 10.7 Å². The minimum atomic E-state index is -0.134. The summed E-state index contributed by atoms with van der Waals surface area (Å²) in [5.41, 5.74) is 2.98. The van der Waals surface area contributed by atoms with Crippen molar-refractivity contribution in [2.45, 2.75) is 19.4 Å². The van der Waals surface area contributed by atoms with Gasteiger partial charge in [0, 0.05) is 62.9 Å². The maximum absolute atomic E-state index is 11.6. The third kappa shape index (κ3) is 8.93. The maximum Gasteiger partial charge on any atom is 0.314 e. The number of carbonyl (C=O) groups is 1. The molecule has 43 heavy (non-hydrogen) atoms. The molecule has 0 saturated carbocycles. The van der Waals surface area contributed by atoms with E-state index < -0.39 is 0 Å². The molecule has 3 heterocycles. The van der Waals surface area contributed by atoms with Gasteiger partial charge in [-0.1, -0.05) is 23.2 Å². The molecule has 0 spiro atoms. The van der Waals surface area contributed by atoms with Gasteiger partial charge in [-0.15, -0.1) is 0 Å². The van der Waals surface area contributed by atoms with Crippen LogP contribution >= 0.6 is 23.2 Å². The Morgan fingerprint density at radius 1 is 0.907 bits per heavy atom. The van der Waals surface area contributed by atoms with E-state index >= 15 is 0 Å². The molecule has 10 nitrogen and oxygen atoms in total. The van der Waals surface area contributed by atoms with Crippen LogP contribution in [0.25, 0.3) is 11.1 Å². The summed E-state index contributed by atoms with van der Waals surface area (Å²) < 4.78 is 6.29. The Bertz CT molecular complexity index is 1340. The molecule has 2 saturated heterocycles. The quantitative estimate of drug-likeness (QED) is 0.302. The fraction of sp³-hybridized carbons (Fsp3) is 0.452. The second-order valence-corrected chi connectivity index (χ2v) is 11.9. The highest BCUT2D eigenvalue weighted by Gasteiger charge is 2.21. The van der Waals surface area contributed by atoms with Gasteiger partial charge < -0.3 is 25.4 Å². The predicted octanol–water partition coefficient (Wildman–Crippen LogP) is 4.50. The van der Waals surface area contributed by atoms with Crippen molar-refractivity contribution < 1.29 is 14.6 Å². The number of piperidine rings is 1. The number of rotatable bonds is 10. The number of aliphatic hydroxyl groups excluding tert-OH is 1. The number of hydrogen-bond donors (Lipinski definition) is 3. The monoisotopic (exact) mass is 627 g/mol. The number of nitrogens with zero attached hydrogens (tertiary/aromatic N) is 5. The van der Waals surface area contributed by atoms with Crippen molar-refractivity contribution in [2.24, 2.45) is 5.92 Å². The molecular weight excluding hydrogens is 589 g/mol. The molecule has 0 atom stereocenters. The highest BCUT2D eigenvalue weighted by molar-refractivity contribution is 6.35. The Morgan fingerprint density at radius 3 is 2.23 bits per heavy atom. The molecule has 0 radical (unpaired) electrons. The van der Waals surface area contributed by atoms with Crippen molar-refractivity contribution in [3.8, 4) is 22.6 Å². The number of ether oxygens (including phenoxy) is 1. The summed E-state index contributed by atoms with van der Waals surface area (Å²) in [4.78, 5) is 27.5. The highest BCUT2D eigenvalue weighted by atomic mass is 35.5. The molecular formula is C31H39Cl2N7O3. The van der Waals surface area contributed by atoms with E-state index in [-0.39, 0.29) is 12.6 Å². The van der Waals surface area contributed by atoms with Gasteiger partial charge in [-0.05, 0) is 84.9 Å². The van der Waals surface area contributed by atoms with E-state index in [1.54, 1.807) is 25.5 Å². The molecule has 2 fully saturated rings. The Morgan fingerprint density at radius 2 is 1.58 bits per heavy atom. The van der Waals surface area contributed by atoms with Gasteiger partial charge in [0.05, 0.1) is 19.0 Å². The fourth-order valence-corrected chi connectivity index (χ4v) is 6.13. The standard InChI is InChI=1S/C31H39Cl2N7O3/c1-34-31(42)37-18-22-2-4-39(5-3-22)21-23-12-24(25-14-26(32)17-27(33)15-25)16-28(13-23)43-29-19-35-30(36-20-29)40-8-6-38(7-9-40)10-11-41/h12-17,19-20,22,41H,2-11,18,21H2,1H3,(H2,34,37,42). The lowest BCUT2D eigenvalue weighted by molar-refractivity contribution is 0.175. The third-order valence-corrected chi connectivity index (χ3v) is 8.41. The molecule has 1 aromatic heterocycles. The van der Waals surface area contributed by atoms with Gasteiger partial charge in [0.25, 0.3) is 0 Å². The van der Waals surface area contributed by atoms with Crippen molar-refractivity contribution >= 4 is 35.2 Å². The van der Waals surface area contributed by atoms with Gasteiger partial charge in [-0.3, -0.25) is 9.80 Å². The van der Waals surface area contributed by atoms with Crippen molar-refractivity contribution in [1.29, 1.82) is 0 Å². The summed E-state index contributed by atoms with van der Waals surface area (Å²) in [5.74, 6) is 2.38. The summed E-state index contributed by atoms with van der Waals surface area (Å²) in [7, 11) is 1.63. The van der Waals surface area contributed by atoms with Gasteiger partial charge in [-0.25, -0.2) is 14.8 Å². The number of halogens is 2. The first kappa shape index (κ1) is 31.3. The zero-order valence-corrected chi connectivity index (χ0v) is 25.9. The van der Waals surface area contributed by atoms with Crippen molar-refractivity contribution in [3.63, 3.8) is 0 Å². The number of aliphatic hydroxyl groups is 1. The minimum Gasteiger partial charge on any atom is -0.454 e. The van der Waals surface area contributed by atoms with Crippen LogP contribution in [0, 0.1) is 5.92 Å². The van der Waals surface area contributed by atoms with E-state index in [1.807, 2.05) is 18.2 Å². The van der Waals surface area contributed by atoms with Gasteiger partial charge in [0.15, 0.2) is 5.75 Å². The van der Waals surface area contributed by atoms with Gasteiger partial charge in [-0.2, -0.15) is 0 Å². The number of nitrogens with one attached hydrogen (secondary N) is 2. The Labute approximate surface area is 263 Å². The van der Waals surface area contributed by atoms with Crippen LogP contribution in [0.5, 0.6) is 11.5 Å². The van der Waals surface area contributed by atoms with Crippen molar-refractivity contribution in [1.82, 2.24) is 30.4 Å². The summed E-state index contributed by atoms with van der Waals surface area (Å²) in [5, 5.41) is 15.9. The van der Waals surface area contributed by atoms with Crippen LogP contribution in [0.1, 0.15) is 18.4 Å². The topological polar surface area (TPSA) is 106 Å². The number of urea groups is 1. The van der Waals surface area contributed by atoms with Crippen LogP contribution in [0.3, 0.4) is 0 Å².